The van der Waals surface area contributed by atoms with E-state index in [0.717, 1.165) is 18.4 Å². The summed E-state index contributed by atoms with van der Waals surface area (Å²) >= 11 is 12.4. The Labute approximate surface area is 162 Å². The lowest BCUT2D eigenvalue weighted by Gasteiger charge is -2.14. The first-order valence-corrected chi connectivity index (χ1v) is 8.91. The van der Waals surface area contributed by atoms with Crippen molar-refractivity contribution in [3.8, 4) is 0 Å². The van der Waals surface area contributed by atoms with Gasteiger partial charge in [0.05, 0.1) is 27.0 Å². The molecule has 0 heterocycles. The molecule has 132 valence electrons. The Hall–Kier alpha value is -2.49. The summed E-state index contributed by atoms with van der Waals surface area (Å²) in [5.74, 6) is -1.01. The maximum Gasteiger partial charge on any atom is 0.337 e. The van der Waals surface area contributed by atoms with E-state index in [9.17, 15) is 9.90 Å². The zero-order valence-corrected chi connectivity index (χ0v) is 15.4. The molecule has 3 nitrogen and oxygen atoms in total. The van der Waals surface area contributed by atoms with Crippen LogP contribution < -0.4 is 5.32 Å². The fraction of sp³-hybridized carbons (Fsp3) is 0.0952. The number of rotatable bonds is 6. The van der Waals surface area contributed by atoms with Gasteiger partial charge < -0.3 is 10.4 Å². The minimum atomic E-state index is -1.01. The minimum absolute atomic E-state index is 0.171. The molecule has 0 amide bonds. The van der Waals surface area contributed by atoms with Gasteiger partial charge in [0, 0.05) is 0 Å². The van der Waals surface area contributed by atoms with Gasteiger partial charge in [0.15, 0.2) is 0 Å². The molecule has 5 heteroatoms. The van der Waals surface area contributed by atoms with E-state index in [4.69, 9.17) is 23.2 Å². The van der Waals surface area contributed by atoms with Crippen LogP contribution in [0.5, 0.6) is 0 Å². The molecule has 26 heavy (non-hydrogen) atoms. The third-order valence-electron chi connectivity index (χ3n) is 4.08. The molecular formula is C21H17Cl2NO2. The molecule has 0 radical (unpaired) electrons. The molecule has 0 bridgehead atoms. The number of hydrogen-bond donors (Lipinski definition) is 2. The Morgan fingerprint density at radius 3 is 2.15 bits per heavy atom. The summed E-state index contributed by atoms with van der Waals surface area (Å²) in [5.41, 5.74) is 3.41. The van der Waals surface area contributed by atoms with Crippen molar-refractivity contribution in [3.63, 3.8) is 0 Å². The second-order valence-corrected chi connectivity index (χ2v) is 6.71. The van der Waals surface area contributed by atoms with Crippen LogP contribution in [-0.2, 0) is 12.8 Å². The smallest absolute Gasteiger partial charge is 0.337 e. The molecule has 0 aliphatic heterocycles. The molecule has 0 unspecified atom stereocenters. The van der Waals surface area contributed by atoms with Crippen LogP contribution in [0.15, 0.2) is 66.7 Å². The maximum atomic E-state index is 11.6. The fourth-order valence-electron chi connectivity index (χ4n) is 2.72. The molecule has 2 N–H and O–H groups in total. The molecule has 3 aromatic carbocycles. The second-order valence-electron chi connectivity index (χ2n) is 5.89. The number of carboxylic acid groups (broad SMARTS) is 1. The van der Waals surface area contributed by atoms with E-state index in [1.807, 2.05) is 30.3 Å². The van der Waals surface area contributed by atoms with E-state index in [2.05, 4.69) is 17.4 Å². The molecule has 0 saturated heterocycles. The molecule has 0 atom stereocenters. The lowest BCUT2D eigenvalue weighted by molar-refractivity contribution is 0.0698. The highest BCUT2D eigenvalue weighted by atomic mass is 35.5. The maximum absolute atomic E-state index is 11.6. The van der Waals surface area contributed by atoms with Crippen LogP contribution in [0.2, 0.25) is 10.0 Å². The third kappa shape index (κ3) is 4.37. The van der Waals surface area contributed by atoms with Crippen molar-refractivity contribution >= 4 is 40.5 Å². The van der Waals surface area contributed by atoms with E-state index >= 15 is 0 Å². The van der Waals surface area contributed by atoms with Crippen molar-refractivity contribution < 1.29 is 9.90 Å². The van der Waals surface area contributed by atoms with Gasteiger partial charge in [-0.25, -0.2) is 4.79 Å². The predicted octanol–water partition coefficient (Wildman–Crippen LogP) is 6.22. The largest absolute Gasteiger partial charge is 0.478 e. The molecular weight excluding hydrogens is 369 g/mol. The van der Waals surface area contributed by atoms with Gasteiger partial charge in [-0.2, -0.15) is 0 Å². The highest BCUT2D eigenvalue weighted by molar-refractivity contribution is 6.39. The Balaban J connectivity index is 1.88. The average Bonchev–Trinajstić information content (AvgIpc) is 2.64. The Kier molecular flexibility index (Phi) is 5.82. The molecule has 3 aromatic rings. The summed E-state index contributed by atoms with van der Waals surface area (Å²) in [6, 6.07) is 20.6. The Morgan fingerprint density at radius 2 is 1.50 bits per heavy atom. The lowest BCUT2D eigenvalue weighted by atomic mass is 10.0. The predicted molar refractivity (Wildman–Crippen MR) is 107 cm³/mol. The number of nitrogens with one attached hydrogen (secondary N) is 1. The molecule has 0 fully saturated rings. The van der Waals surface area contributed by atoms with E-state index in [1.54, 1.807) is 24.3 Å². The van der Waals surface area contributed by atoms with Gasteiger partial charge in [-0.15, -0.1) is 0 Å². The Bertz CT molecular complexity index is 906. The standard InChI is InChI=1S/C21H17Cl2NO2/c22-17-7-4-8-18(23)20(17)24-19-13-15(11-12-16(19)21(25)26)10-9-14-5-2-1-3-6-14/h1-8,11-13,24H,9-10H2,(H,25,26). The van der Waals surface area contributed by atoms with Gasteiger partial charge in [0.1, 0.15) is 0 Å². The van der Waals surface area contributed by atoms with E-state index in [0.29, 0.717) is 21.4 Å². The van der Waals surface area contributed by atoms with Crippen molar-refractivity contribution in [1.82, 2.24) is 0 Å². The first kappa shape index (κ1) is 18.3. The summed E-state index contributed by atoms with van der Waals surface area (Å²) < 4.78 is 0. The van der Waals surface area contributed by atoms with Crippen molar-refractivity contribution in [2.45, 2.75) is 12.8 Å². The quantitative estimate of drug-likeness (QED) is 0.529. The second kappa shape index (κ2) is 8.26. The molecule has 0 aromatic heterocycles. The third-order valence-corrected chi connectivity index (χ3v) is 4.71. The molecule has 3 rings (SSSR count). The van der Waals surface area contributed by atoms with Crippen molar-refractivity contribution in [3.05, 3.63) is 93.5 Å². The topological polar surface area (TPSA) is 49.3 Å². The number of carbonyl (C=O) groups is 1. The van der Waals surface area contributed by atoms with Gasteiger partial charge in [0.2, 0.25) is 0 Å². The molecule has 0 saturated carbocycles. The van der Waals surface area contributed by atoms with Crippen LogP contribution in [0.4, 0.5) is 11.4 Å². The van der Waals surface area contributed by atoms with Crippen molar-refractivity contribution in [1.29, 1.82) is 0 Å². The van der Waals surface area contributed by atoms with Gasteiger partial charge in [-0.1, -0.05) is 65.7 Å². The highest BCUT2D eigenvalue weighted by Gasteiger charge is 2.14. The van der Waals surface area contributed by atoms with E-state index < -0.39 is 5.97 Å². The van der Waals surface area contributed by atoms with Crippen molar-refractivity contribution in [2.24, 2.45) is 0 Å². The molecule has 0 aliphatic carbocycles. The van der Waals surface area contributed by atoms with E-state index in [-0.39, 0.29) is 5.56 Å². The van der Waals surface area contributed by atoms with Gasteiger partial charge in [-0.05, 0) is 48.2 Å². The highest BCUT2D eigenvalue weighted by Crippen LogP contribution is 2.34. The van der Waals surface area contributed by atoms with Gasteiger partial charge >= 0.3 is 5.97 Å². The van der Waals surface area contributed by atoms with Crippen LogP contribution in [0.1, 0.15) is 21.5 Å². The normalized spacial score (nSPS) is 10.5. The van der Waals surface area contributed by atoms with Gasteiger partial charge in [0.25, 0.3) is 0 Å². The number of para-hydroxylation sites is 1. The number of hydrogen-bond acceptors (Lipinski definition) is 2. The fourth-order valence-corrected chi connectivity index (χ4v) is 3.21. The van der Waals surface area contributed by atoms with E-state index in [1.165, 1.54) is 5.56 Å². The van der Waals surface area contributed by atoms with Crippen molar-refractivity contribution in [2.75, 3.05) is 5.32 Å². The summed E-state index contributed by atoms with van der Waals surface area (Å²) in [4.78, 5) is 11.6. The number of benzene rings is 3. The van der Waals surface area contributed by atoms with Crippen LogP contribution in [0, 0.1) is 0 Å². The first-order valence-electron chi connectivity index (χ1n) is 8.16. The monoisotopic (exact) mass is 385 g/mol. The lowest BCUT2D eigenvalue weighted by Crippen LogP contribution is -2.04. The number of aromatic carboxylic acids is 1. The zero-order valence-electron chi connectivity index (χ0n) is 13.9. The van der Waals surface area contributed by atoms with Crippen LogP contribution in [-0.4, -0.2) is 11.1 Å². The molecule has 0 spiro atoms. The van der Waals surface area contributed by atoms with Crippen LogP contribution in [0.25, 0.3) is 0 Å². The Morgan fingerprint density at radius 1 is 0.846 bits per heavy atom. The van der Waals surface area contributed by atoms with Crippen LogP contribution >= 0.6 is 23.2 Å². The van der Waals surface area contributed by atoms with Gasteiger partial charge in [-0.3, -0.25) is 0 Å². The average molecular weight is 386 g/mol. The number of halogens is 2. The number of aryl methyl sites for hydroxylation is 2. The zero-order chi connectivity index (χ0) is 18.5. The summed E-state index contributed by atoms with van der Waals surface area (Å²) in [7, 11) is 0. The summed E-state index contributed by atoms with van der Waals surface area (Å²) in [6.45, 7) is 0. The number of carboxylic acids is 1. The number of anilines is 2. The minimum Gasteiger partial charge on any atom is -0.478 e. The summed E-state index contributed by atoms with van der Waals surface area (Å²) in [5, 5.41) is 13.4. The first-order chi connectivity index (χ1) is 12.5. The SMILES string of the molecule is O=C(O)c1ccc(CCc2ccccc2)cc1Nc1c(Cl)cccc1Cl. The summed E-state index contributed by atoms with van der Waals surface area (Å²) in [6.07, 6.45) is 1.67. The molecule has 0 aliphatic rings. The van der Waals surface area contributed by atoms with Crippen LogP contribution in [0.3, 0.4) is 0 Å².